The third kappa shape index (κ3) is 2.82. The standard InChI is InChI=1S/C14H18FNO2/c15-11-2-1-3-12(6-11)18-14-9-16(8-13(14)17)7-10-4-5-10/h1-3,6,10,13-14,17H,4-5,7-9H2/t13-,14-/m1/s1. The van der Waals surface area contributed by atoms with Gasteiger partial charge in [-0.15, -0.1) is 0 Å². The zero-order chi connectivity index (χ0) is 12.5. The second-order valence-electron chi connectivity index (χ2n) is 5.34. The van der Waals surface area contributed by atoms with Gasteiger partial charge < -0.3 is 9.84 Å². The van der Waals surface area contributed by atoms with Gasteiger partial charge in [-0.3, -0.25) is 4.90 Å². The molecule has 4 heteroatoms. The minimum Gasteiger partial charge on any atom is -0.486 e. The molecule has 1 saturated carbocycles. The van der Waals surface area contributed by atoms with Crippen LogP contribution in [0.4, 0.5) is 4.39 Å². The van der Waals surface area contributed by atoms with E-state index in [1.54, 1.807) is 12.1 Å². The number of aliphatic hydroxyl groups excluding tert-OH is 1. The van der Waals surface area contributed by atoms with Crippen LogP contribution in [0.2, 0.25) is 0 Å². The van der Waals surface area contributed by atoms with Gasteiger partial charge in [0, 0.05) is 25.7 Å². The molecule has 0 radical (unpaired) electrons. The lowest BCUT2D eigenvalue weighted by molar-refractivity contribution is 0.0734. The molecule has 98 valence electrons. The largest absolute Gasteiger partial charge is 0.486 e. The summed E-state index contributed by atoms with van der Waals surface area (Å²) in [5.74, 6) is 0.993. The molecule has 1 saturated heterocycles. The fraction of sp³-hybridized carbons (Fsp3) is 0.571. The van der Waals surface area contributed by atoms with Crippen LogP contribution in [0.5, 0.6) is 5.75 Å². The molecule has 18 heavy (non-hydrogen) atoms. The summed E-state index contributed by atoms with van der Waals surface area (Å²) < 4.78 is 18.7. The van der Waals surface area contributed by atoms with Gasteiger partial charge in [-0.05, 0) is 30.9 Å². The van der Waals surface area contributed by atoms with Crippen molar-refractivity contribution < 1.29 is 14.2 Å². The lowest BCUT2D eigenvalue weighted by Crippen LogP contribution is -2.30. The molecule has 0 aromatic heterocycles. The summed E-state index contributed by atoms with van der Waals surface area (Å²) in [5, 5.41) is 9.96. The van der Waals surface area contributed by atoms with Gasteiger partial charge in [-0.1, -0.05) is 6.07 Å². The number of likely N-dealkylation sites (tertiary alicyclic amines) is 1. The molecule has 0 unspecified atom stereocenters. The number of β-amino-alcohol motifs (C(OH)–C–C–N with tert-alkyl or cyclic N) is 1. The molecule has 1 aromatic carbocycles. The van der Waals surface area contributed by atoms with Gasteiger partial charge in [-0.2, -0.15) is 0 Å². The van der Waals surface area contributed by atoms with Crippen molar-refractivity contribution in [2.75, 3.05) is 19.6 Å². The number of aliphatic hydroxyl groups is 1. The van der Waals surface area contributed by atoms with Crippen LogP contribution in [-0.4, -0.2) is 41.8 Å². The van der Waals surface area contributed by atoms with E-state index in [9.17, 15) is 9.50 Å². The van der Waals surface area contributed by atoms with Crippen molar-refractivity contribution in [2.24, 2.45) is 5.92 Å². The van der Waals surface area contributed by atoms with Gasteiger partial charge >= 0.3 is 0 Å². The van der Waals surface area contributed by atoms with E-state index >= 15 is 0 Å². The van der Waals surface area contributed by atoms with Crippen molar-refractivity contribution in [3.05, 3.63) is 30.1 Å². The van der Waals surface area contributed by atoms with Gasteiger partial charge in [-0.25, -0.2) is 4.39 Å². The summed E-state index contributed by atoms with van der Waals surface area (Å²) in [6.45, 7) is 2.45. The summed E-state index contributed by atoms with van der Waals surface area (Å²) in [4.78, 5) is 2.24. The molecule has 1 aromatic rings. The average molecular weight is 251 g/mol. The third-order valence-electron chi connectivity index (χ3n) is 3.61. The Hall–Kier alpha value is -1.13. The van der Waals surface area contributed by atoms with Crippen LogP contribution in [0.25, 0.3) is 0 Å². The Morgan fingerprint density at radius 2 is 2.17 bits per heavy atom. The first-order valence-corrected chi connectivity index (χ1v) is 6.53. The van der Waals surface area contributed by atoms with Gasteiger partial charge in [0.25, 0.3) is 0 Å². The summed E-state index contributed by atoms with van der Waals surface area (Å²) in [7, 11) is 0. The molecule has 1 heterocycles. The third-order valence-corrected chi connectivity index (χ3v) is 3.61. The topological polar surface area (TPSA) is 32.7 Å². The summed E-state index contributed by atoms with van der Waals surface area (Å²) in [6, 6.07) is 6.08. The van der Waals surface area contributed by atoms with Gasteiger partial charge in [0.2, 0.25) is 0 Å². The maximum atomic E-state index is 13.0. The highest BCUT2D eigenvalue weighted by Crippen LogP contribution is 2.31. The number of hydrogen-bond donors (Lipinski definition) is 1. The molecule has 0 amide bonds. The number of hydrogen-bond acceptors (Lipinski definition) is 3. The number of ether oxygens (including phenoxy) is 1. The van der Waals surface area contributed by atoms with Crippen molar-refractivity contribution in [1.82, 2.24) is 4.90 Å². The summed E-state index contributed by atoms with van der Waals surface area (Å²) in [6.07, 6.45) is 1.89. The zero-order valence-electron chi connectivity index (χ0n) is 10.3. The lowest BCUT2D eigenvalue weighted by Gasteiger charge is -2.17. The second kappa shape index (κ2) is 4.86. The van der Waals surface area contributed by atoms with Crippen LogP contribution in [0.15, 0.2) is 24.3 Å². The average Bonchev–Trinajstić information content (AvgIpc) is 3.05. The van der Waals surface area contributed by atoms with Crippen molar-refractivity contribution in [3.8, 4) is 5.75 Å². The SMILES string of the molecule is O[C@@H]1CN(CC2CC2)C[C@H]1Oc1cccc(F)c1. The first-order valence-electron chi connectivity index (χ1n) is 6.53. The molecule has 2 aliphatic rings. The normalized spacial score (nSPS) is 28.6. The van der Waals surface area contributed by atoms with E-state index in [4.69, 9.17) is 4.74 Å². The second-order valence-corrected chi connectivity index (χ2v) is 5.34. The molecule has 1 aliphatic heterocycles. The number of halogens is 1. The Labute approximate surface area is 106 Å². The Morgan fingerprint density at radius 3 is 2.89 bits per heavy atom. The quantitative estimate of drug-likeness (QED) is 0.883. The first-order chi connectivity index (χ1) is 8.70. The van der Waals surface area contributed by atoms with E-state index in [1.807, 2.05) is 0 Å². The van der Waals surface area contributed by atoms with Crippen molar-refractivity contribution in [2.45, 2.75) is 25.0 Å². The highest BCUT2D eigenvalue weighted by Gasteiger charge is 2.35. The highest BCUT2D eigenvalue weighted by molar-refractivity contribution is 5.23. The van der Waals surface area contributed by atoms with Gasteiger partial charge in [0.15, 0.2) is 0 Å². The van der Waals surface area contributed by atoms with Crippen LogP contribution in [-0.2, 0) is 0 Å². The maximum Gasteiger partial charge on any atom is 0.138 e. The zero-order valence-corrected chi connectivity index (χ0v) is 10.3. The van der Waals surface area contributed by atoms with Crippen molar-refractivity contribution >= 4 is 0 Å². The minimum atomic E-state index is -0.480. The van der Waals surface area contributed by atoms with Gasteiger partial charge in [0.05, 0.1) is 0 Å². The summed E-state index contributed by atoms with van der Waals surface area (Å²) in [5.41, 5.74) is 0. The van der Waals surface area contributed by atoms with Crippen molar-refractivity contribution in [3.63, 3.8) is 0 Å². The molecule has 2 atom stereocenters. The maximum absolute atomic E-state index is 13.0. The molecule has 1 aliphatic carbocycles. The van der Waals surface area contributed by atoms with Crippen LogP contribution in [0.1, 0.15) is 12.8 Å². The predicted octanol–water partition coefficient (Wildman–Crippen LogP) is 1.66. The number of nitrogens with zero attached hydrogens (tertiary/aromatic N) is 1. The highest BCUT2D eigenvalue weighted by atomic mass is 19.1. The molecule has 2 fully saturated rings. The first kappa shape index (κ1) is 11.9. The van der Waals surface area contributed by atoms with Crippen molar-refractivity contribution in [1.29, 1.82) is 0 Å². The van der Waals surface area contributed by atoms with Gasteiger partial charge in [0.1, 0.15) is 23.8 Å². The van der Waals surface area contributed by atoms with Crippen LogP contribution in [0, 0.1) is 11.7 Å². The van der Waals surface area contributed by atoms with Crippen LogP contribution in [0.3, 0.4) is 0 Å². The molecule has 1 N–H and O–H groups in total. The molecule has 3 nitrogen and oxygen atoms in total. The van der Waals surface area contributed by atoms with E-state index in [1.165, 1.54) is 25.0 Å². The Kier molecular flexibility index (Phi) is 3.22. The van der Waals surface area contributed by atoms with E-state index in [0.717, 1.165) is 19.0 Å². The molecular weight excluding hydrogens is 233 g/mol. The smallest absolute Gasteiger partial charge is 0.138 e. The van der Waals surface area contributed by atoms with E-state index < -0.39 is 6.10 Å². The van der Waals surface area contributed by atoms with E-state index in [0.29, 0.717) is 12.3 Å². The Bertz CT molecular complexity index is 422. The predicted molar refractivity (Wildman–Crippen MR) is 66.0 cm³/mol. The van der Waals surface area contributed by atoms with E-state index in [2.05, 4.69) is 4.90 Å². The van der Waals surface area contributed by atoms with Crippen LogP contribution < -0.4 is 4.74 Å². The fourth-order valence-electron chi connectivity index (χ4n) is 2.48. The molecular formula is C14H18FNO2. The molecule has 3 rings (SSSR count). The monoisotopic (exact) mass is 251 g/mol. The Balaban J connectivity index is 1.58. The Morgan fingerprint density at radius 1 is 1.33 bits per heavy atom. The number of benzene rings is 1. The lowest BCUT2D eigenvalue weighted by atomic mass is 10.2. The molecule has 0 spiro atoms. The summed E-state index contributed by atoms with van der Waals surface area (Å²) >= 11 is 0. The fourth-order valence-corrected chi connectivity index (χ4v) is 2.48. The van der Waals surface area contributed by atoms with E-state index in [-0.39, 0.29) is 11.9 Å². The minimum absolute atomic E-state index is 0.245. The van der Waals surface area contributed by atoms with Crippen LogP contribution >= 0.6 is 0 Å². The molecule has 0 bridgehead atoms. The number of rotatable bonds is 4.